The molecular weight excluding hydrogens is 430 g/mol. The first-order valence-electron chi connectivity index (χ1n) is 3.26. The minimum absolute atomic E-state index is 0. The molecule has 0 atom stereocenters. The summed E-state index contributed by atoms with van der Waals surface area (Å²) >= 11 is 0. The van der Waals surface area contributed by atoms with E-state index in [2.05, 4.69) is 0 Å². The SMILES string of the molecule is O=[Si](O)O.O=[Si](O)O.O=[Si](O)O.O=[Si](O)O.O=[Si](O)O.[AlH3].[H-].[Na+]. The van der Waals surface area contributed by atoms with Gasteiger partial charge in [-0.15, -0.1) is 0 Å². The summed E-state index contributed by atoms with van der Waals surface area (Å²) in [4.78, 5) is 71.6. The minimum Gasteiger partial charge on any atom is -1.00 e. The van der Waals surface area contributed by atoms with Gasteiger partial charge in [0.2, 0.25) is 0 Å². The van der Waals surface area contributed by atoms with E-state index in [1.165, 1.54) is 0 Å². The molecule has 0 saturated heterocycles. The van der Waals surface area contributed by atoms with E-state index < -0.39 is 45.9 Å². The topological polar surface area (TPSA) is 288 Å². The Morgan fingerprint density at radius 1 is 0.409 bits per heavy atom. The van der Waals surface area contributed by atoms with Crippen LogP contribution in [0.25, 0.3) is 0 Å². The van der Waals surface area contributed by atoms with Crippen molar-refractivity contribution in [3.63, 3.8) is 0 Å². The Morgan fingerprint density at radius 2 is 0.409 bits per heavy atom. The fourth-order valence-corrected chi connectivity index (χ4v) is 0. The number of hydrogen-bond donors (Lipinski definition) is 10. The molecule has 0 radical (unpaired) electrons. The third-order valence-electron chi connectivity index (χ3n) is 0. The molecule has 0 unspecified atom stereocenters. The largest absolute Gasteiger partial charge is 1.00 e. The average molecular weight is 444 g/mol. The predicted octanol–water partition coefficient (Wildman–Crippen LogP) is -12.1. The molecule has 0 aromatic rings. The van der Waals surface area contributed by atoms with E-state index in [1.807, 2.05) is 0 Å². The standard InChI is InChI=1S/Al.Na.5H2O3Si.4H/c;;5*1-4(2)3;;;;/h;;5*1-2H;;;;/q;+1;;;;;;;;;-1. The van der Waals surface area contributed by atoms with Crippen molar-refractivity contribution < 1.29 is 101 Å². The maximum absolute atomic E-state index is 8.74. The van der Waals surface area contributed by atoms with Crippen molar-refractivity contribution in [3.05, 3.63) is 0 Å². The zero-order valence-corrected chi connectivity index (χ0v) is 17.0. The van der Waals surface area contributed by atoms with Gasteiger partial charge in [0.25, 0.3) is 0 Å². The van der Waals surface area contributed by atoms with Crippen molar-refractivity contribution in [2.24, 2.45) is 0 Å². The number of rotatable bonds is 0. The van der Waals surface area contributed by atoms with Crippen LogP contribution in [0.2, 0.25) is 0 Å². The molecule has 15 nitrogen and oxygen atoms in total. The van der Waals surface area contributed by atoms with E-state index in [0.717, 1.165) is 0 Å². The second-order valence-corrected chi connectivity index (χ2v) is 4.24. The van der Waals surface area contributed by atoms with Gasteiger partial charge in [-0.25, -0.2) is 0 Å². The Balaban J connectivity index is -0.0000000197. The van der Waals surface area contributed by atoms with Gasteiger partial charge in [-0.3, -0.25) is 22.3 Å². The summed E-state index contributed by atoms with van der Waals surface area (Å²) < 4.78 is 43.7. The predicted molar refractivity (Wildman–Crippen MR) is 65.4 cm³/mol. The molecule has 0 aliphatic carbocycles. The Hall–Kier alpha value is -0.383. The fraction of sp³-hybridized carbons (Fsp3) is 0. The smallest absolute Gasteiger partial charge is 1.00 e. The average Bonchev–Trinajstić information content (AvgIpc) is 1.94. The summed E-state index contributed by atoms with van der Waals surface area (Å²) in [7, 11) is -15.6. The summed E-state index contributed by atoms with van der Waals surface area (Å²) in [6, 6.07) is 0. The van der Waals surface area contributed by atoms with E-state index in [4.69, 9.17) is 70.3 Å². The molecule has 0 fully saturated rings. The minimum atomic E-state index is -3.13. The Kier molecular flexibility index (Phi) is 72.6. The van der Waals surface area contributed by atoms with Crippen LogP contribution >= 0.6 is 0 Å². The van der Waals surface area contributed by atoms with Crippen LogP contribution in [0.15, 0.2) is 0 Å². The van der Waals surface area contributed by atoms with Gasteiger partial charge < -0.3 is 49.4 Å². The van der Waals surface area contributed by atoms with Gasteiger partial charge in [0.15, 0.2) is 17.4 Å². The van der Waals surface area contributed by atoms with E-state index >= 15 is 0 Å². The molecule has 22 heteroatoms. The zero-order chi connectivity index (χ0) is 17.9. The van der Waals surface area contributed by atoms with E-state index in [-0.39, 0.29) is 48.3 Å². The molecule has 0 saturated carbocycles. The van der Waals surface area contributed by atoms with Crippen molar-refractivity contribution in [2.45, 2.75) is 0 Å². The van der Waals surface area contributed by atoms with Gasteiger partial charge in [0, 0.05) is 0 Å². The van der Waals surface area contributed by atoms with Crippen LogP contribution in [0.1, 0.15) is 1.43 Å². The summed E-state index contributed by atoms with van der Waals surface area (Å²) in [5.41, 5.74) is 0. The molecule has 0 amide bonds. The maximum atomic E-state index is 8.74. The van der Waals surface area contributed by atoms with Gasteiger partial charge in [-0.05, 0) is 0 Å². The van der Waals surface area contributed by atoms with Gasteiger partial charge in [0.05, 0.1) is 0 Å². The zero-order valence-electron chi connectivity index (χ0n) is 11.0. The molecule has 0 spiro atoms. The summed E-state index contributed by atoms with van der Waals surface area (Å²) in [6.45, 7) is 0. The molecule has 0 aromatic carbocycles. The molecule has 10 N–H and O–H groups in total. The van der Waals surface area contributed by atoms with Crippen molar-refractivity contribution in [1.82, 2.24) is 0 Å². The van der Waals surface area contributed by atoms with Crippen LogP contribution in [0.4, 0.5) is 0 Å². The van der Waals surface area contributed by atoms with Crippen molar-refractivity contribution in [3.8, 4) is 0 Å². The summed E-state index contributed by atoms with van der Waals surface area (Å²) in [5.74, 6) is 0. The van der Waals surface area contributed by atoms with Crippen LogP contribution in [0, 0.1) is 0 Å². The van der Waals surface area contributed by atoms with E-state index in [0.29, 0.717) is 0 Å². The third-order valence-corrected chi connectivity index (χ3v) is 0. The Morgan fingerprint density at radius 3 is 0.409 bits per heavy atom. The van der Waals surface area contributed by atoms with Crippen LogP contribution in [-0.4, -0.2) is 111 Å². The van der Waals surface area contributed by atoms with Gasteiger partial charge >= 0.3 is 75.4 Å². The first kappa shape index (κ1) is 43.0. The molecule has 0 heterocycles. The second kappa shape index (κ2) is 37.1. The van der Waals surface area contributed by atoms with E-state index in [9.17, 15) is 0 Å². The van der Waals surface area contributed by atoms with Gasteiger partial charge in [-0.1, -0.05) is 0 Å². The van der Waals surface area contributed by atoms with Crippen LogP contribution in [0.3, 0.4) is 0 Å². The molecular formula is H14AlNaO15Si5. The van der Waals surface area contributed by atoms with Gasteiger partial charge in [0.1, 0.15) is 0 Å². The molecule has 0 aliphatic heterocycles. The van der Waals surface area contributed by atoms with Crippen molar-refractivity contribution in [1.29, 1.82) is 0 Å². The van der Waals surface area contributed by atoms with Gasteiger partial charge in [-0.2, -0.15) is 0 Å². The van der Waals surface area contributed by atoms with Crippen LogP contribution in [-0.2, 0) is 22.3 Å². The molecule has 0 aliphatic rings. The first-order chi connectivity index (χ1) is 8.66. The fourth-order valence-electron chi connectivity index (χ4n) is 0. The Bertz CT molecular complexity index is 219. The van der Waals surface area contributed by atoms with Crippen molar-refractivity contribution in [2.75, 3.05) is 0 Å². The molecule has 0 bridgehead atoms. The summed E-state index contributed by atoms with van der Waals surface area (Å²) in [6.07, 6.45) is 0. The summed E-state index contributed by atoms with van der Waals surface area (Å²) in [5, 5.41) is 0. The molecule has 128 valence electrons. The Labute approximate surface area is 163 Å². The van der Waals surface area contributed by atoms with Crippen LogP contribution in [0.5, 0.6) is 0 Å². The quantitative estimate of drug-likeness (QED) is 0.155. The molecule has 0 rings (SSSR count). The molecule has 22 heavy (non-hydrogen) atoms. The second-order valence-electron chi connectivity index (χ2n) is 1.41. The number of hydrogen-bond acceptors (Lipinski definition) is 5. The maximum Gasteiger partial charge on any atom is 1.00 e. The monoisotopic (exact) mass is 444 g/mol. The van der Waals surface area contributed by atoms with Crippen molar-refractivity contribution >= 4 is 63.2 Å². The molecule has 0 aromatic heterocycles. The third kappa shape index (κ3) is 46300. The first-order valence-corrected chi connectivity index (χ1v) is 9.77. The van der Waals surface area contributed by atoms with Crippen LogP contribution < -0.4 is 29.6 Å². The normalized spacial score (nSPS) is 5.45. The van der Waals surface area contributed by atoms with E-state index in [1.54, 1.807) is 0 Å².